The van der Waals surface area contributed by atoms with Crippen molar-refractivity contribution in [1.29, 1.82) is 0 Å². The summed E-state index contributed by atoms with van der Waals surface area (Å²) in [5.41, 5.74) is 1.73. The lowest BCUT2D eigenvalue weighted by atomic mass is 9.95. The number of carbonyl (C=O) groups excluding carboxylic acids is 1. The first-order valence-electron chi connectivity index (χ1n) is 11.9. The minimum Gasteiger partial charge on any atom is -0.356 e. The SMILES string of the molecule is O=C(NCCN1CCCC1)C1CCN(c2ncccc2-c2nc(-c3ccccc3)no2)CC1. The topological polar surface area (TPSA) is 87.4 Å². The molecule has 1 aromatic carbocycles. The van der Waals surface area contributed by atoms with Crippen molar-refractivity contribution in [2.24, 2.45) is 5.92 Å². The maximum atomic E-state index is 12.6. The third-order valence-electron chi connectivity index (χ3n) is 6.57. The number of nitrogens with one attached hydrogen (secondary N) is 1. The van der Waals surface area contributed by atoms with Gasteiger partial charge in [-0.05, 0) is 50.9 Å². The van der Waals surface area contributed by atoms with Gasteiger partial charge in [0.25, 0.3) is 5.89 Å². The monoisotopic (exact) mass is 446 g/mol. The molecular formula is C25H30N6O2. The molecule has 0 spiro atoms. The Bertz CT molecular complexity index is 1060. The van der Waals surface area contributed by atoms with E-state index in [9.17, 15) is 4.79 Å². The second-order valence-electron chi connectivity index (χ2n) is 8.76. The number of nitrogens with zero attached hydrogens (tertiary/aromatic N) is 5. The standard InChI is InChI=1S/C25H30N6O2/c32-24(27-13-18-30-14-4-5-15-30)20-10-16-31(17-11-20)23-21(9-6-12-26-23)25-28-22(29-33-25)19-7-2-1-3-8-19/h1-3,6-9,12,20H,4-5,10-11,13-18H2,(H,27,32). The highest BCUT2D eigenvalue weighted by Gasteiger charge is 2.28. The van der Waals surface area contributed by atoms with Gasteiger partial charge in [0, 0.05) is 43.9 Å². The fourth-order valence-electron chi connectivity index (χ4n) is 4.69. The summed E-state index contributed by atoms with van der Waals surface area (Å²) in [5.74, 6) is 2.08. The number of rotatable bonds is 7. The minimum absolute atomic E-state index is 0.0556. The lowest BCUT2D eigenvalue weighted by Gasteiger charge is -2.33. The molecule has 2 aromatic heterocycles. The van der Waals surface area contributed by atoms with Crippen molar-refractivity contribution in [2.45, 2.75) is 25.7 Å². The fourth-order valence-corrected chi connectivity index (χ4v) is 4.69. The van der Waals surface area contributed by atoms with E-state index in [0.717, 1.165) is 69.1 Å². The van der Waals surface area contributed by atoms with E-state index >= 15 is 0 Å². The van der Waals surface area contributed by atoms with Crippen molar-refractivity contribution in [3.8, 4) is 22.8 Å². The summed E-state index contributed by atoms with van der Waals surface area (Å²) in [6.07, 6.45) is 5.96. The Hall–Kier alpha value is -3.26. The van der Waals surface area contributed by atoms with Crippen LogP contribution < -0.4 is 10.2 Å². The number of pyridine rings is 1. The molecule has 4 heterocycles. The van der Waals surface area contributed by atoms with Crippen LogP contribution in [-0.4, -0.2) is 65.2 Å². The van der Waals surface area contributed by atoms with E-state index in [1.54, 1.807) is 6.20 Å². The molecule has 5 rings (SSSR count). The smallest absolute Gasteiger partial charge is 0.261 e. The highest BCUT2D eigenvalue weighted by Crippen LogP contribution is 2.31. The first kappa shape index (κ1) is 21.6. The Morgan fingerprint density at radius 3 is 2.61 bits per heavy atom. The van der Waals surface area contributed by atoms with Crippen LogP contribution in [0.5, 0.6) is 0 Å². The van der Waals surface area contributed by atoms with Crippen LogP contribution in [0.4, 0.5) is 5.82 Å². The zero-order valence-electron chi connectivity index (χ0n) is 18.8. The zero-order valence-corrected chi connectivity index (χ0v) is 18.8. The first-order chi connectivity index (χ1) is 16.3. The van der Waals surface area contributed by atoms with Crippen LogP contribution >= 0.6 is 0 Å². The number of hydrogen-bond donors (Lipinski definition) is 1. The van der Waals surface area contributed by atoms with Gasteiger partial charge in [0.05, 0.1) is 5.56 Å². The van der Waals surface area contributed by atoms with Crippen LogP contribution in [0.1, 0.15) is 25.7 Å². The number of aromatic nitrogens is 3. The maximum absolute atomic E-state index is 12.6. The van der Waals surface area contributed by atoms with Gasteiger partial charge >= 0.3 is 0 Å². The molecule has 8 heteroatoms. The Morgan fingerprint density at radius 1 is 1.03 bits per heavy atom. The van der Waals surface area contributed by atoms with E-state index in [2.05, 4.69) is 30.2 Å². The van der Waals surface area contributed by atoms with Crippen molar-refractivity contribution in [3.63, 3.8) is 0 Å². The summed E-state index contributed by atoms with van der Waals surface area (Å²) >= 11 is 0. The average molecular weight is 447 g/mol. The fraction of sp³-hybridized carbons (Fsp3) is 0.440. The molecule has 3 aromatic rings. The summed E-state index contributed by atoms with van der Waals surface area (Å²) in [5, 5.41) is 7.29. The molecule has 1 amide bonds. The third-order valence-corrected chi connectivity index (χ3v) is 6.57. The lowest BCUT2D eigenvalue weighted by Crippen LogP contribution is -2.42. The molecule has 2 aliphatic rings. The van der Waals surface area contributed by atoms with E-state index in [0.29, 0.717) is 11.7 Å². The van der Waals surface area contributed by atoms with Crippen molar-refractivity contribution in [2.75, 3.05) is 44.2 Å². The second kappa shape index (κ2) is 10.1. The molecule has 8 nitrogen and oxygen atoms in total. The summed E-state index contributed by atoms with van der Waals surface area (Å²) in [6, 6.07) is 13.6. The van der Waals surface area contributed by atoms with Crippen LogP contribution in [0.25, 0.3) is 22.8 Å². The van der Waals surface area contributed by atoms with E-state index in [-0.39, 0.29) is 11.8 Å². The predicted molar refractivity (Wildman–Crippen MR) is 127 cm³/mol. The molecule has 1 N–H and O–H groups in total. The van der Waals surface area contributed by atoms with Gasteiger partial charge < -0.3 is 19.6 Å². The average Bonchev–Trinajstić information content (AvgIpc) is 3.57. The molecule has 0 aliphatic carbocycles. The summed E-state index contributed by atoms with van der Waals surface area (Å²) in [7, 11) is 0. The molecule has 2 aliphatic heterocycles. The summed E-state index contributed by atoms with van der Waals surface area (Å²) < 4.78 is 5.59. The zero-order chi connectivity index (χ0) is 22.5. The van der Waals surface area contributed by atoms with Crippen LogP contribution in [-0.2, 0) is 4.79 Å². The Balaban J connectivity index is 1.20. The van der Waals surface area contributed by atoms with Crippen LogP contribution in [0.2, 0.25) is 0 Å². The van der Waals surface area contributed by atoms with Gasteiger partial charge in [-0.3, -0.25) is 4.79 Å². The number of anilines is 1. The van der Waals surface area contributed by atoms with Crippen molar-refractivity contribution in [1.82, 2.24) is 25.3 Å². The lowest BCUT2D eigenvalue weighted by molar-refractivity contribution is -0.125. The molecule has 0 saturated carbocycles. The van der Waals surface area contributed by atoms with E-state index in [1.165, 1.54) is 12.8 Å². The van der Waals surface area contributed by atoms with Crippen LogP contribution in [0.3, 0.4) is 0 Å². The molecule has 0 atom stereocenters. The summed E-state index contributed by atoms with van der Waals surface area (Å²) in [6.45, 7) is 5.56. The number of carbonyl (C=O) groups is 1. The molecule has 2 saturated heterocycles. The van der Waals surface area contributed by atoms with E-state index in [1.807, 2.05) is 42.5 Å². The number of amides is 1. The van der Waals surface area contributed by atoms with Gasteiger partial charge in [-0.2, -0.15) is 4.98 Å². The van der Waals surface area contributed by atoms with Crippen LogP contribution in [0.15, 0.2) is 53.2 Å². The summed E-state index contributed by atoms with van der Waals surface area (Å²) in [4.78, 5) is 26.5. The molecule has 0 unspecified atom stereocenters. The van der Waals surface area contributed by atoms with E-state index in [4.69, 9.17) is 4.52 Å². The van der Waals surface area contributed by atoms with Gasteiger partial charge in [0.15, 0.2) is 0 Å². The predicted octanol–water partition coefficient (Wildman–Crippen LogP) is 3.23. The molecule has 0 radical (unpaired) electrons. The minimum atomic E-state index is 0.0556. The highest BCUT2D eigenvalue weighted by atomic mass is 16.5. The van der Waals surface area contributed by atoms with Gasteiger partial charge in [0.2, 0.25) is 11.7 Å². The van der Waals surface area contributed by atoms with Crippen molar-refractivity contribution >= 4 is 11.7 Å². The molecule has 33 heavy (non-hydrogen) atoms. The number of piperidine rings is 1. The maximum Gasteiger partial charge on any atom is 0.261 e. The normalized spacial score (nSPS) is 17.4. The molecule has 0 bridgehead atoms. The second-order valence-corrected chi connectivity index (χ2v) is 8.76. The molecule has 172 valence electrons. The van der Waals surface area contributed by atoms with Crippen molar-refractivity contribution < 1.29 is 9.32 Å². The number of likely N-dealkylation sites (tertiary alicyclic amines) is 1. The Labute approximate surface area is 194 Å². The Morgan fingerprint density at radius 2 is 1.82 bits per heavy atom. The Kier molecular flexibility index (Phi) is 6.62. The van der Waals surface area contributed by atoms with Gasteiger partial charge in [0.1, 0.15) is 5.82 Å². The van der Waals surface area contributed by atoms with Crippen LogP contribution in [0, 0.1) is 5.92 Å². The highest BCUT2D eigenvalue weighted by molar-refractivity contribution is 5.79. The van der Waals surface area contributed by atoms with Gasteiger partial charge in [-0.25, -0.2) is 4.98 Å². The first-order valence-corrected chi connectivity index (χ1v) is 11.9. The molecular weight excluding hydrogens is 416 g/mol. The van der Waals surface area contributed by atoms with Gasteiger partial charge in [-0.15, -0.1) is 0 Å². The van der Waals surface area contributed by atoms with Gasteiger partial charge in [-0.1, -0.05) is 35.5 Å². The quantitative estimate of drug-likeness (QED) is 0.596. The van der Waals surface area contributed by atoms with E-state index < -0.39 is 0 Å². The largest absolute Gasteiger partial charge is 0.356 e. The number of benzene rings is 1. The molecule has 2 fully saturated rings. The van der Waals surface area contributed by atoms with Crippen molar-refractivity contribution in [3.05, 3.63) is 48.7 Å². The number of hydrogen-bond acceptors (Lipinski definition) is 7. The third kappa shape index (κ3) is 5.06.